The Labute approximate surface area is 145 Å². The molecule has 1 unspecified atom stereocenters. The number of hydrogen-bond acceptors (Lipinski definition) is 2. The lowest BCUT2D eigenvalue weighted by Crippen LogP contribution is -2.42. The molecule has 5 heteroatoms. The fourth-order valence-electron chi connectivity index (χ4n) is 2.71. The standard InChI is InChI=1S/C19H30N4O/c1-4-15(3)18(24)22-17-7-5-6-16(12-17)13-21-19(20)23-10-8-14(2)9-11-23/h5-7,12,14-15H,4,8-11,13H2,1-3H3,(H2,20,21)(H,22,24). The predicted octanol–water partition coefficient (Wildman–Crippen LogP) is 3.22. The zero-order chi connectivity index (χ0) is 17.5. The van der Waals surface area contributed by atoms with Crippen LogP contribution in [0.15, 0.2) is 29.3 Å². The second-order valence-electron chi connectivity index (χ2n) is 6.84. The number of amides is 1. The summed E-state index contributed by atoms with van der Waals surface area (Å²) in [5, 5.41) is 2.96. The molecule has 1 atom stereocenters. The Morgan fingerprint density at radius 1 is 1.42 bits per heavy atom. The van der Waals surface area contributed by atoms with E-state index in [9.17, 15) is 4.79 Å². The van der Waals surface area contributed by atoms with Crippen molar-refractivity contribution in [3.05, 3.63) is 29.8 Å². The molecule has 1 aliphatic heterocycles. The average Bonchev–Trinajstić information content (AvgIpc) is 2.59. The third kappa shape index (κ3) is 5.25. The Morgan fingerprint density at radius 2 is 2.12 bits per heavy atom. The van der Waals surface area contributed by atoms with Crippen molar-refractivity contribution in [2.75, 3.05) is 18.4 Å². The van der Waals surface area contributed by atoms with Crippen LogP contribution in [0.3, 0.4) is 0 Å². The average molecular weight is 330 g/mol. The van der Waals surface area contributed by atoms with Crippen molar-refractivity contribution in [3.8, 4) is 0 Å². The summed E-state index contributed by atoms with van der Waals surface area (Å²) in [6.45, 7) is 8.74. The van der Waals surface area contributed by atoms with Crippen molar-refractivity contribution >= 4 is 17.6 Å². The highest BCUT2D eigenvalue weighted by atomic mass is 16.1. The van der Waals surface area contributed by atoms with Gasteiger partial charge >= 0.3 is 0 Å². The summed E-state index contributed by atoms with van der Waals surface area (Å²) in [5.74, 6) is 1.47. The van der Waals surface area contributed by atoms with Gasteiger partial charge in [-0.15, -0.1) is 0 Å². The van der Waals surface area contributed by atoms with Gasteiger partial charge in [0.25, 0.3) is 0 Å². The predicted molar refractivity (Wildman–Crippen MR) is 99.8 cm³/mol. The second kappa shape index (κ2) is 8.71. The van der Waals surface area contributed by atoms with Gasteiger partial charge in [-0.2, -0.15) is 0 Å². The van der Waals surface area contributed by atoms with Crippen molar-refractivity contribution in [1.82, 2.24) is 4.90 Å². The van der Waals surface area contributed by atoms with Crippen LogP contribution in [-0.2, 0) is 11.3 Å². The summed E-state index contributed by atoms with van der Waals surface area (Å²) < 4.78 is 0. The molecule has 2 rings (SSSR count). The number of carbonyl (C=O) groups is 1. The molecular weight excluding hydrogens is 300 g/mol. The lowest BCUT2D eigenvalue weighted by Gasteiger charge is -2.31. The van der Waals surface area contributed by atoms with Gasteiger partial charge in [0, 0.05) is 24.7 Å². The zero-order valence-corrected chi connectivity index (χ0v) is 15.1. The molecule has 1 aromatic rings. The van der Waals surface area contributed by atoms with Crippen molar-refractivity contribution in [3.63, 3.8) is 0 Å². The first-order valence-corrected chi connectivity index (χ1v) is 8.94. The van der Waals surface area contributed by atoms with Crippen LogP contribution in [0.2, 0.25) is 0 Å². The highest BCUT2D eigenvalue weighted by Gasteiger charge is 2.16. The van der Waals surface area contributed by atoms with E-state index in [1.807, 2.05) is 38.1 Å². The minimum atomic E-state index is 0.0174. The normalized spacial score (nSPS) is 17.6. The Morgan fingerprint density at radius 3 is 2.79 bits per heavy atom. The van der Waals surface area contributed by atoms with Crippen LogP contribution in [0.4, 0.5) is 5.69 Å². The van der Waals surface area contributed by atoms with Gasteiger partial charge in [0.15, 0.2) is 5.96 Å². The lowest BCUT2D eigenvalue weighted by molar-refractivity contribution is -0.119. The Kier molecular flexibility index (Phi) is 6.64. The molecule has 5 nitrogen and oxygen atoms in total. The van der Waals surface area contributed by atoms with E-state index >= 15 is 0 Å². The minimum Gasteiger partial charge on any atom is -0.370 e. The maximum Gasteiger partial charge on any atom is 0.227 e. The maximum atomic E-state index is 12.0. The molecule has 132 valence electrons. The van der Waals surface area contributed by atoms with E-state index in [-0.39, 0.29) is 11.8 Å². The van der Waals surface area contributed by atoms with Crippen LogP contribution in [-0.4, -0.2) is 29.9 Å². The first kappa shape index (κ1) is 18.3. The van der Waals surface area contributed by atoms with Gasteiger partial charge < -0.3 is 16.0 Å². The van der Waals surface area contributed by atoms with Crippen molar-refractivity contribution in [1.29, 1.82) is 0 Å². The third-order valence-corrected chi connectivity index (χ3v) is 4.79. The number of nitrogens with zero attached hydrogens (tertiary/aromatic N) is 2. The summed E-state index contributed by atoms with van der Waals surface area (Å²) in [7, 11) is 0. The number of piperidine rings is 1. The molecule has 1 aliphatic rings. The molecule has 0 bridgehead atoms. The molecule has 1 heterocycles. The van der Waals surface area contributed by atoms with Gasteiger partial charge in [-0.3, -0.25) is 4.79 Å². The quantitative estimate of drug-likeness (QED) is 0.643. The van der Waals surface area contributed by atoms with Gasteiger partial charge in [-0.1, -0.05) is 32.9 Å². The van der Waals surface area contributed by atoms with Gasteiger partial charge in [-0.25, -0.2) is 4.99 Å². The van der Waals surface area contributed by atoms with Crippen LogP contribution in [0, 0.1) is 11.8 Å². The van der Waals surface area contributed by atoms with Crippen molar-refractivity contribution < 1.29 is 4.79 Å². The van der Waals surface area contributed by atoms with E-state index in [2.05, 4.69) is 22.1 Å². The van der Waals surface area contributed by atoms with Crippen LogP contribution in [0.1, 0.15) is 45.6 Å². The summed E-state index contributed by atoms with van der Waals surface area (Å²) in [5.41, 5.74) is 7.99. The number of nitrogens with two attached hydrogens (primary N) is 1. The first-order valence-electron chi connectivity index (χ1n) is 8.94. The Hall–Kier alpha value is -2.04. The topological polar surface area (TPSA) is 70.7 Å². The molecule has 0 aromatic heterocycles. The van der Waals surface area contributed by atoms with Crippen molar-refractivity contribution in [2.24, 2.45) is 22.6 Å². The fourth-order valence-corrected chi connectivity index (χ4v) is 2.71. The van der Waals surface area contributed by atoms with E-state index in [0.29, 0.717) is 12.5 Å². The third-order valence-electron chi connectivity index (χ3n) is 4.79. The Bertz CT molecular complexity index is 576. The molecule has 0 aliphatic carbocycles. The summed E-state index contributed by atoms with van der Waals surface area (Å²) in [4.78, 5) is 18.7. The molecule has 0 radical (unpaired) electrons. The number of hydrogen-bond donors (Lipinski definition) is 2. The molecule has 1 aromatic carbocycles. The Balaban J connectivity index is 1.94. The maximum absolute atomic E-state index is 12.0. The second-order valence-corrected chi connectivity index (χ2v) is 6.84. The lowest BCUT2D eigenvalue weighted by atomic mass is 10.00. The number of aliphatic imine (C=N–C) groups is 1. The van der Waals surface area contributed by atoms with Gasteiger partial charge in [0.05, 0.1) is 6.54 Å². The molecule has 1 fully saturated rings. The van der Waals surface area contributed by atoms with Crippen LogP contribution in [0.25, 0.3) is 0 Å². The van der Waals surface area contributed by atoms with Crippen LogP contribution < -0.4 is 11.1 Å². The number of likely N-dealkylation sites (tertiary alicyclic amines) is 1. The number of rotatable bonds is 5. The van der Waals surface area contributed by atoms with E-state index in [0.717, 1.165) is 36.7 Å². The SMILES string of the molecule is CCC(C)C(=O)Nc1cccc(CN=C(N)N2CCC(C)CC2)c1. The van der Waals surface area contributed by atoms with E-state index in [4.69, 9.17) is 5.73 Å². The summed E-state index contributed by atoms with van der Waals surface area (Å²) >= 11 is 0. The molecule has 0 saturated carbocycles. The molecular formula is C19H30N4O. The van der Waals surface area contributed by atoms with Crippen LogP contribution in [0.5, 0.6) is 0 Å². The monoisotopic (exact) mass is 330 g/mol. The number of nitrogens with one attached hydrogen (secondary N) is 1. The minimum absolute atomic E-state index is 0.0174. The van der Waals surface area contributed by atoms with Gasteiger partial charge in [0.2, 0.25) is 5.91 Å². The van der Waals surface area contributed by atoms with E-state index < -0.39 is 0 Å². The zero-order valence-electron chi connectivity index (χ0n) is 15.1. The number of guanidine groups is 1. The number of carbonyl (C=O) groups excluding carboxylic acids is 1. The molecule has 24 heavy (non-hydrogen) atoms. The smallest absolute Gasteiger partial charge is 0.227 e. The van der Waals surface area contributed by atoms with Gasteiger partial charge in [-0.05, 0) is 42.9 Å². The highest BCUT2D eigenvalue weighted by molar-refractivity contribution is 5.92. The highest BCUT2D eigenvalue weighted by Crippen LogP contribution is 2.16. The number of anilines is 1. The van der Waals surface area contributed by atoms with Crippen molar-refractivity contribution in [2.45, 2.75) is 46.6 Å². The molecule has 0 spiro atoms. The largest absolute Gasteiger partial charge is 0.370 e. The fraction of sp³-hybridized carbons (Fsp3) is 0.579. The van der Waals surface area contributed by atoms with Crippen LogP contribution >= 0.6 is 0 Å². The van der Waals surface area contributed by atoms with Gasteiger partial charge in [0.1, 0.15) is 0 Å². The summed E-state index contributed by atoms with van der Waals surface area (Å²) in [6, 6.07) is 7.82. The first-order chi connectivity index (χ1) is 11.5. The van der Waals surface area contributed by atoms with E-state index in [1.54, 1.807) is 0 Å². The summed E-state index contributed by atoms with van der Waals surface area (Å²) in [6.07, 6.45) is 3.18. The molecule has 1 saturated heterocycles. The van der Waals surface area contributed by atoms with E-state index in [1.165, 1.54) is 12.8 Å². The molecule has 1 amide bonds. The number of benzene rings is 1. The molecule has 3 N–H and O–H groups in total.